The van der Waals surface area contributed by atoms with Gasteiger partial charge < -0.3 is 10.2 Å². The predicted molar refractivity (Wildman–Crippen MR) is 130 cm³/mol. The highest BCUT2D eigenvalue weighted by Crippen LogP contribution is 2.26. The molecule has 0 aliphatic carbocycles. The van der Waals surface area contributed by atoms with Gasteiger partial charge in [0.25, 0.3) is 5.56 Å². The molecule has 2 amide bonds. The number of anilines is 1. The van der Waals surface area contributed by atoms with E-state index < -0.39 is 6.04 Å². The highest BCUT2D eigenvalue weighted by atomic mass is 79.9. The van der Waals surface area contributed by atoms with Crippen molar-refractivity contribution in [2.45, 2.75) is 40.3 Å². The lowest BCUT2D eigenvalue weighted by molar-refractivity contribution is 0.178. The zero-order valence-electron chi connectivity index (χ0n) is 18.0. The minimum absolute atomic E-state index is 0.160. The SMILES string of the molecule is CCn1c(C(C)N(CC(C)C)C(=O)Nc2ccccc2Br)nc2ccc(Cl)cc2c1=O. The van der Waals surface area contributed by atoms with Crippen molar-refractivity contribution in [2.24, 2.45) is 5.92 Å². The Morgan fingerprint density at radius 1 is 1.23 bits per heavy atom. The summed E-state index contributed by atoms with van der Waals surface area (Å²) in [7, 11) is 0. The van der Waals surface area contributed by atoms with E-state index >= 15 is 0 Å². The maximum atomic E-state index is 13.3. The fourth-order valence-electron chi connectivity index (χ4n) is 3.53. The summed E-state index contributed by atoms with van der Waals surface area (Å²) < 4.78 is 2.41. The van der Waals surface area contributed by atoms with E-state index in [1.165, 1.54) is 0 Å². The Kier molecular flexibility index (Phi) is 7.38. The largest absolute Gasteiger partial charge is 0.322 e. The third-order valence-electron chi connectivity index (χ3n) is 5.04. The predicted octanol–water partition coefficient (Wildman–Crippen LogP) is 6.08. The molecule has 1 heterocycles. The van der Waals surface area contributed by atoms with Crippen LogP contribution in [0.2, 0.25) is 5.02 Å². The Morgan fingerprint density at radius 2 is 1.94 bits per heavy atom. The number of para-hydroxylation sites is 1. The zero-order valence-corrected chi connectivity index (χ0v) is 20.4. The number of aromatic nitrogens is 2. The van der Waals surface area contributed by atoms with Gasteiger partial charge in [-0.3, -0.25) is 9.36 Å². The number of nitrogens with zero attached hydrogens (tertiary/aromatic N) is 3. The van der Waals surface area contributed by atoms with E-state index in [-0.39, 0.29) is 17.5 Å². The smallest absolute Gasteiger partial charge is 0.314 e. The Balaban J connectivity index is 2.05. The third kappa shape index (κ3) is 5.10. The first kappa shape index (κ1) is 23.3. The van der Waals surface area contributed by atoms with Gasteiger partial charge in [-0.25, -0.2) is 9.78 Å². The Bertz CT molecular complexity index is 1160. The fraction of sp³-hybridized carbons (Fsp3) is 0.348. The second-order valence-corrected chi connectivity index (χ2v) is 9.10. The van der Waals surface area contributed by atoms with Crippen molar-refractivity contribution in [1.29, 1.82) is 0 Å². The number of halogens is 2. The molecule has 0 saturated heterocycles. The first-order valence-electron chi connectivity index (χ1n) is 10.2. The molecule has 0 saturated carbocycles. The Morgan fingerprint density at radius 3 is 2.58 bits per heavy atom. The van der Waals surface area contributed by atoms with Gasteiger partial charge in [0.2, 0.25) is 0 Å². The summed E-state index contributed by atoms with van der Waals surface area (Å²) in [5, 5.41) is 3.93. The van der Waals surface area contributed by atoms with E-state index in [1.54, 1.807) is 27.7 Å². The van der Waals surface area contributed by atoms with Gasteiger partial charge in [-0.2, -0.15) is 0 Å². The molecule has 3 rings (SSSR count). The molecule has 6 nitrogen and oxygen atoms in total. The average Bonchev–Trinajstić information content (AvgIpc) is 2.73. The number of carbonyl (C=O) groups excluding carboxylic acids is 1. The van der Waals surface area contributed by atoms with Crippen LogP contribution in [0.1, 0.15) is 39.6 Å². The van der Waals surface area contributed by atoms with Crippen molar-refractivity contribution >= 4 is 50.2 Å². The summed E-state index contributed by atoms with van der Waals surface area (Å²) in [6, 6.07) is 11.9. The van der Waals surface area contributed by atoms with Crippen LogP contribution in [0.15, 0.2) is 51.7 Å². The summed E-state index contributed by atoms with van der Waals surface area (Å²) in [5.41, 5.74) is 1.09. The summed E-state index contributed by atoms with van der Waals surface area (Å²) in [4.78, 5) is 32.9. The van der Waals surface area contributed by atoms with Crippen molar-refractivity contribution in [3.8, 4) is 0 Å². The molecule has 3 aromatic rings. The number of hydrogen-bond donors (Lipinski definition) is 1. The quantitative estimate of drug-likeness (QED) is 0.441. The molecular weight excluding hydrogens is 480 g/mol. The van der Waals surface area contributed by atoms with Gasteiger partial charge in [0.15, 0.2) is 0 Å². The third-order valence-corrected chi connectivity index (χ3v) is 5.97. The van der Waals surface area contributed by atoms with E-state index in [0.29, 0.717) is 40.5 Å². The topological polar surface area (TPSA) is 67.2 Å². The number of benzene rings is 2. The molecule has 0 bridgehead atoms. The maximum absolute atomic E-state index is 13.3. The van der Waals surface area contributed by atoms with Crippen molar-refractivity contribution in [3.63, 3.8) is 0 Å². The second-order valence-electron chi connectivity index (χ2n) is 7.81. The van der Waals surface area contributed by atoms with E-state index in [1.807, 2.05) is 52.0 Å². The molecular formula is C23H26BrClN4O2. The normalized spacial score (nSPS) is 12.2. The number of carbonyl (C=O) groups is 1. The summed E-state index contributed by atoms with van der Waals surface area (Å²) in [6.07, 6.45) is 0. The number of rotatable bonds is 6. The first-order valence-corrected chi connectivity index (χ1v) is 11.4. The lowest BCUT2D eigenvalue weighted by Crippen LogP contribution is -2.42. The van der Waals surface area contributed by atoms with Crippen LogP contribution in [0.5, 0.6) is 0 Å². The summed E-state index contributed by atoms with van der Waals surface area (Å²) >= 11 is 9.56. The van der Waals surface area contributed by atoms with Gasteiger partial charge in [0.1, 0.15) is 5.82 Å². The molecule has 0 radical (unpaired) electrons. The molecule has 0 spiro atoms. The van der Waals surface area contributed by atoms with Crippen molar-refractivity contribution in [1.82, 2.24) is 14.5 Å². The van der Waals surface area contributed by atoms with Crippen molar-refractivity contribution < 1.29 is 4.79 Å². The molecule has 0 aliphatic rings. The monoisotopic (exact) mass is 504 g/mol. The number of hydrogen-bond acceptors (Lipinski definition) is 3. The van der Waals surface area contributed by atoms with Gasteiger partial charge >= 0.3 is 6.03 Å². The Labute approximate surface area is 195 Å². The van der Waals surface area contributed by atoms with Gasteiger partial charge in [-0.1, -0.05) is 37.6 Å². The highest BCUT2D eigenvalue weighted by Gasteiger charge is 2.27. The number of amides is 2. The lowest BCUT2D eigenvalue weighted by Gasteiger charge is -2.32. The standard InChI is InChI=1S/C23H26BrClN4O2/c1-5-28-21(26-19-11-10-16(25)12-17(19)22(28)30)15(4)29(13-14(2)3)23(31)27-20-9-7-6-8-18(20)24/h6-12,14-15H,5,13H2,1-4H3,(H,27,31). The summed E-state index contributed by atoms with van der Waals surface area (Å²) in [6.45, 7) is 8.84. The van der Waals surface area contributed by atoms with Crippen LogP contribution < -0.4 is 10.9 Å². The molecule has 8 heteroatoms. The molecule has 1 unspecified atom stereocenters. The van der Waals surface area contributed by atoms with Crippen molar-refractivity contribution in [2.75, 3.05) is 11.9 Å². The van der Waals surface area contributed by atoms with Crippen LogP contribution >= 0.6 is 27.5 Å². The molecule has 0 fully saturated rings. The van der Waals surface area contributed by atoms with Crippen LogP contribution in [-0.4, -0.2) is 27.0 Å². The molecule has 0 aliphatic heterocycles. The first-order chi connectivity index (χ1) is 14.7. The van der Waals surface area contributed by atoms with E-state index in [0.717, 1.165) is 4.47 Å². The summed E-state index contributed by atoms with van der Waals surface area (Å²) in [5.74, 6) is 0.777. The second kappa shape index (κ2) is 9.83. The molecule has 31 heavy (non-hydrogen) atoms. The van der Waals surface area contributed by atoms with Gasteiger partial charge in [0.05, 0.1) is 22.6 Å². The number of urea groups is 1. The fourth-order valence-corrected chi connectivity index (χ4v) is 4.09. The van der Waals surface area contributed by atoms with Crippen LogP contribution in [0.25, 0.3) is 10.9 Å². The number of fused-ring (bicyclic) bond motifs is 1. The average molecular weight is 506 g/mol. The van der Waals surface area contributed by atoms with Crippen LogP contribution in [0.3, 0.4) is 0 Å². The van der Waals surface area contributed by atoms with E-state index in [9.17, 15) is 9.59 Å². The zero-order chi connectivity index (χ0) is 22.7. The maximum Gasteiger partial charge on any atom is 0.322 e. The van der Waals surface area contributed by atoms with Gasteiger partial charge in [-0.05, 0) is 66.0 Å². The molecule has 1 atom stereocenters. The van der Waals surface area contributed by atoms with Crippen molar-refractivity contribution in [3.05, 3.63) is 68.1 Å². The van der Waals surface area contributed by atoms with E-state index in [4.69, 9.17) is 16.6 Å². The Hall–Kier alpha value is -2.38. The van der Waals surface area contributed by atoms with Crippen LogP contribution in [0.4, 0.5) is 10.5 Å². The highest BCUT2D eigenvalue weighted by molar-refractivity contribution is 9.10. The van der Waals surface area contributed by atoms with Gasteiger partial charge in [0, 0.05) is 22.6 Å². The molecule has 2 aromatic carbocycles. The molecule has 164 valence electrons. The molecule has 1 aromatic heterocycles. The molecule has 1 N–H and O–H groups in total. The van der Waals surface area contributed by atoms with Gasteiger partial charge in [-0.15, -0.1) is 0 Å². The minimum Gasteiger partial charge on any atom is -0.314 e. The minimum atomic E-state index is -0.419. The van der Waals surface area contributed by atoms with Crippen LogP contribution in [-0.2, 0) is 6.54 Å². The number of nitrogens with one attached hydrogen (secondary N) is 1. The lowest BCUT2D eigenvalue weighted by atomic mass is 10.1. The van der Waals surface area contributed by atoms with Crippen LogP contribution in [0, 0.1) is 5.92 Å². The van der Waals surface area contributed by atoms with E-state index in [2.05, 4.69) is 21.2 Å².